The van der Waals surface area contributed by atoms with Crippen LogP contribution in [0, 0.1) is 25.6 Å². The third-order valence-electron chi connectivity index (χ3n) is 8.05. The predicted octanol–water partition coefficient (Wildman–Crippen LogP) is 4.94. The molecule has 15 heteroatoms. The third kappa shape index (κ3) is 8.89. The van der Waals surface area contributed by atoms with Crippen molar-refractivity contribution >= 4 is 39.8 Å². The summed E-state index contributed by atoms with van der Waals surface area (Å²) in [6.45, 7) is 1.08. The van der Waals surface area contributed by atoms with E-state index in [9.17, 15) is 29.8 Å². The summed E-state index contributed by atoms with van der Waals surface area (Å²) in [6, 6.07) is 21.1. The Morgan fingerprint density at radius 2 is 1.67 bits per heavy atom. The molecule has 15 nitrogen and oxygen atoms in total. The van der Waals surface area contributed by atoms with Crippen LogP contribution < -0.4 is 16.4 Å². The van der Waals surface area contributed by atoms with Gasteiger partial charge in [-0.2, -0.15) is 0 Å². The van der Waals surface area contributed by atoms with E-state index in [1.165, 1.54) is 17.0 Å². The zero-order valence-corrected chi connectivity index (χ0v) is 27.8. The number of rotatable bonds is 16. The molecular weight excluding hydrogens is 660 g/mol. The van der Waals surface area contributed by atoms with Gasteiger partial charge in [0.25, 0.3) is 17.3 Å². The molecule has 1 aliphatic heterocycles. The minimum absolute atomic E-state index is 0.187. The molecule has 1 aliphatic carbocycles. The number of nitrogens with two attached hydrogens (primary N) is 1. The molecule has 0 saturated carbocycles. The maximum atomic E-state index is 13.7. The van der Waals surface area contributed by atoms with Crippen LogP contribution in [0.4, 0.5) is 17.1 Å². The van der Waals surface area contributed by atoms with Gasteiger partial charge in [-0.25, -0.2) is 0 Å². The molecular formula is C36H36N6O9. The second-order valence-corrected chi connectivity index (χ2v) is 11.7. The summed E-state index contributed by atoms with van der Waals surface area (Å²) in [6.07, 6.45) is 0.796. The average Bonchev–Trinajstić information content (AvgIpc) is 3.10. The molecule has 51 heavy (non-hydrogen) atoms. The van der Waals surface area contributed by atoms with Gasteiger partial charge in [-0.05, 0) is 54.8 Å². The molecule has 4 N–H and O–H groups in total. The van der Waals surface area contributed by atoms with Crippen molar-refractivity contribution in [1.29, 1.82) is 5.41 Å². The number of carbonyl (C=O) groups is 2. The second-order valence-electron chi connectivity index (χ2n) is 11.7. The number of hydrogen-bond donors (Lipinski definition) is 3. The predicted molar refractivity (Wildman–Crippen MR) is 188 cm³/mol. The van der Waals surface area contributed by atoms with E-state index in [4.69, 9.17) is 25.0 Å². The molecule has 2 amide bonds. The third-order valence-corrected chi connectivity index (χ3v) is 8.05. The Morgan fingerprint density at radius 1 is 0.902 bits per heavy atom. The monoisotopic (exact) mass is 696 g/mol. The van der Waals surface area contributed by atoms with Gasteiger partial charge in [-0.3, -0.25) is 29.8 Å². The number of likely N-dealkylation sites (N-methyl/N-ethyl adjacent to an activating group) is 1. The van der Waals surface area contributed by atoms with Crippen molar-refractivity contribution in [2.24, 2.45) is 0 Å². The van der Waals surface area contributed by atoms with Crippen LogP contribution in [-0.4, -0.2) is 73.1 Å². The number of hydrogen-bond acceptors (Lipinski definition) is 11. The first kappa shape index (κ1) is 36.1. The van der Waals surface area contributed by atoms with Gasteiger partial charge in [0.2, 0.25) is 5.91 Å². The van der Waals surface area contributed by atoms with Crippen molar-refractivity contribution < 1.29 is 33.3 Å². The molecule has 0 spiro atoms. The summed E-state index contributed by atoms with van der Waals surface area (Å²) in [4.78, 5) is 48.6. The van der Waals surface area contributed by atoms with E-state index in [0.29, 0.717) is 53.2 Å². The van der Waals surface area contributed by atoms with Gasteiger partial charge >= 0.3 is 0 Å². The zero-order valence-electron chi connectivity index (χ0n) is 27.8. The number of carbonyl (C=O) groups excluding carboxylic acids is 2. The van der Waals surface area contributed by atoms with Gasteiger partial charge in [0.15, 0.2) is 0 Å². The van der Waals surface area contributed by atoms with Crippen LogP contribution in [0.2, 0.25) is 0 Å². The van der Waals surface area contributed by atoms with E-state index in [1.54, 1.807) is 49.5 Å². The quantitative estimate of drug-likeness (QED) is 0.0415. The summed E-state index contributed by atoms with van der Waals surface area (Å²) >= 11 is 0. The molecule has 1 heterocycles. The summed E-state index contributed by atoms with van der Waals surface area (Å²) in [5, 5.41) is 34.0. The molecule has 3 aromatic carbocycles. The summed E-state index contributed by atoms with van der Waals surface area (Å²) < 4.78 is 17.1. The first-order chi connectivity index (χ1) is 24.5. The molecule has 0 atom stereocenters. The lowest BCUT2D eigenvalue weighted by Crippen LogP contribution is -2.39. The summed E-state index contributed by atoms with van der Waals surface area (Å²) in [5.74, 6) is -0.240. The van der Waals surface area contributed by atoms with Crippen molar-refractivity contribution in [3.05, 3.63) is 116 Å². The molecule has 0 saturated heterocycles. The number of nitrogens with one attached hydrogen (secondary N) is 2. The Labute approximate surface area is 291 Å². The lowest BCUT2D eigenvalue weighted by Gasteiger charge is -2.21. The fraction of sp³-hybridized carbons (Fsp3) is 0.250. The number of nitro groups is 2. The maximum absolute atomic E-state index is 13.7. The summed E-state index contributed by atoms with van der Waals surface area (Å²) in [5.41, 5.74) is 9.33. The van der Waals surface area contributed by atoms with E-state index in [2.05, 4.69) is 5.32 Å². The smallest absolute Gasteiger partial charge is 0.279 e. The number of nitrogens with zero attached hydrogens (tertiary/aromatic N) is 3. The van der Waals surface area contributed by atoms with Crippen LogP contribution >= 0.6 is 0 Å². The molecule has 0 fully saturated rings. The van der Waals surface area contributed by atoms with E-state index in [-0.39, 0.29) is 61.5 Å². The Hall–Kier alpha value is -6.19. The van der Waals surface area contributed by atoms with Gasteiger partial charge in [0.1, 0.15) is 11.3 Å². The van der Waals surface area contributed by atoms with Gasteiger partial charge < -0.3 is 35.3 Å². The van der Waals surface area contributed by atoms with Crippen molar-refractivity contribution in [3.8, 4) is 22.5 Å². The van der Waals surface area contributed by atoms with Gasteiger partial charge in [-0.15, -0.1) is 0 Å². The van der Waals surface area contributed by atoms with Gasteiger partial charge in [-0.1, -0.05) is 18.2 Å². The maximum Gasteiger partial charge on any atom is 0.279 e. The number of anilines is 1. The number of amides is 2. The fourth-order valence-electron chi connectivity index (χ4n) is 5.63. The Balaban J connectivity index is 1.08. The Morgan fingerprint density at radius 3 is 2.43 bits per heavy atom. The largest absolute Gasteiger partial charge is 0.456 e. The van der Waals surface area contributed by atoms with Crippen molar-refractivity contribution in [2.75, 3.05) is 52.3 Å². The van der Waals surface area contributed by atoms with Gasteiger partial charge in [0, 0.05) is 71.7 Å². The van der Waals surface area contributed by atoms with Crippen LogP contribution in [0.25, 0.3) is 33.4 Å². The molecule has 3 aromatic rings. The highest BCUT2D eigenvalue weighted by Crippen LogP contribution is 2.41. The number of nitro benzene ring substituents is 2. The molecule has 0 radical (unpaired) electrons. The SMILES string of the molecule is CN(CC(=O)NCCOCCOCCCc1ccc([N+](=O)[O-])cc1[N+](=O)[O-])C(=O)c1ccccc1-c1c2ccc(=N)cc-2oc2cc(N)ccc12. The molecule has 264 valence electrons. The highest BCUT2D eigenvalue weighted by molar-refractivity contribution is 6.09. The minimum Gasteiger partial charge on any atom is -0.456 e. The van der Waals surface area contributed by atoms with E-state index in [0.717, 1.165) is 22.6 Å². The van der Waals surface area contributed by atoms with Crippen LogP contribution in [0.1, 0.15) is 22.3 Å². The molecule has 0 bridgehead atoms. The summed E-state index contributed by atoms with van der Waals surface area (Å²) in [7, 11) is 1.55. The average molecular weight is 697 g/mol. The topological polar surface area (TPSA) is 217 Å². The lowest BCUT2D eigenvalue weighted by atomic mass is 9.90. The fourth-order valence-corrected chi connectivity index (χ4v) is 5.63. The molecule has 0 aromatic heterocycles. The molecule has 5 rings (SSSR count). The van der Waals surface area contributed by atoms with E-state index >= 15 is 0 Å². The van der Waals surface area contributed by atoms with Crippen molar-refractivity contribution in [2.45, 2.75) is 12.8 Å². The van der Waals surface area contributed by atoms with Crippen molar-refractivity contribution in [3.63, 3.8) is 0 Å². The van der Waals surface area contributed by atoms with Crippen LogP contribution in [0.3, 0.4) is 0 Å². The van der Waals surface area contributed by atoms with E-state index < -0.39 is 9.85 Å². The van der Waals surface area contributed by atoms with Crippen LogP contribution in [0.15, 0.2) is 83.3 Å². The van der Waals surface area contributed by atoms with Crippen LogP contribution in [0.5, 0.6) is 0 Å². The Bertz CT molecular complexity index is 2120. The second kappa shape index (κ2) is 16.5. The number of benzene rings is 4. The van der Waals surface area contributed by atoms with Gasteiger partial charge in [0.05, 0.1) is 47.6 Å². The highest BCUT2D eigenvalue weighted by Gasteiger charge is 2.24. The van der Waals surface area contributed by atoms with E-state index in [1.807, 2.05) is 18.2 Å². The number of ether oxygens (including phenoxy) is 2. The minimum atomic E-state index is -0.674. The molecule has 2 aliphatic rings. The number of non-ortho nitro benzene ring substituents is 1. The lowest BCUT2D eigenvalue weighted by molar-refractivity contribution is -0.394. The molecule has 0 unspecified atom stereocenters. The van der Waals surface area contributed by atoms with Crippen molar-refractivity contribution in [1.82, 2.24) is 10.2 Å². The standard InChI is InChI=1S/C36H36N6O9/c1-40(22-34(43)39-14-16-50-18-17-49-15-4-5-23-8-11-26(41(45)46)21-31(23)42(47)48)36(44)28-7-3-2-6-27(28)35-29-12-9-24(37)19-32(29)51-33-20-25(38)10-13-30(33)35/h2-3,6-13,19-21,37H,4-5,14-18,22,38H2,1H3,(H,39,43). The number of nitrogen functional groups attached to an aromatic ring is 1. The zero-order chi connectivity index (χ0) is 36.5. The first-order valence-corrected chi connectivity index (χ1v) is 16.0. The normalized spacial score (nSPS) is 11.1. The number of fused-ring (bicyclic) bond motifs is 2. The van der Waals surface area contributed by atoms with Crippen LogP contribution in [-0.2, 0) is 20.7 Å². The Kier molecular flexibility index (Phi) is 11.7. The highest BCUT2D eigenvalue weighted by atomic mass is 16.6. The first-order valence-electron chi connectivity index (χ1n) is 16.0. The number of aryl methyl sites for hydroxylation is 1.